The molecule has 0 fully saturated rings. The van der Waals surface area contributed by atoms with Crippen LogP contribution in [0, 0.1) is 0 Å². The number of anilines is 2. The Morgan fingerprint density at radius 3 is 2.09 bits per heavy atom. The molecule has 0 saturated carbocycles. The average Bonchev–Trinajstić information content (AvgIpc) is 3.15. The zero-order valence-electron chi connectivity index (χ0n) is 29.5. The Bertz CT molecular complexity index is 2030. The van der Waals surface area contributed by atoms with E-state index in [1.54, 1.807) is 0 Å². The van der Waals surface area contributed by atoms with Gasteiger partial charge in [0.15, 0.2) is 11.2 Å². The predicted octanol–water partition coefficient (Wildman–Crippen LogP) is -2.66. The molecule has 0 unspecified atom stereocenters. The summed E-state index contributed by atoms with van der Waals surface area (Å²) in [5, 5.41) is 42.5. The summed E-state index contributed by atoms with van der Waals surface area (Å²) in [4.78, 5) is 125. The fourth-order valence-electron chi connectivity index (χ4n) is 4.69. The maximum atomic E-state index is 13.1. The van der Waals surface area contributed by atoms with Crippen LogP contribution in [-0.2, 0) is 40.1 Å². The first-order valence-electron chi connectivity index (χ1n) is 16.6. The minimum atomic E-state index is -1.80. The minimum absolute atomic E-state index is 0.000930. The lowest BCUT2D eigenvalue weighted by molar-refractivity contribution is -0.142. The van der Waals surface area contributed by atoms with Gasteiger partial charge in [0.1, 0.15) is 24.2 Å². The van der Waals surface area contributed by atoms with Gasteiger partial charge in [-0.2, -0.15) is 17.6 Å². The average molecular weight is 802 g/mol. The molecule has 0 aliphatic rings. The number of H-pyrrole nitrogens is 1. The van der Waals surface area contributed by atoms with E-state index in [1.165, 1.54) is 37.4 Å². The molecule has 0 radical (unpaired) electrons. The highest BCUT2D eigenvalue weighted by molar-refractivity contribution is 7.80. The Balaban J connectivity index is 1.60. The summed E-state index contributed by atoms with van der Waals surface area (Å²) < 4.78 is 0. The highest BCUT2D eigenvalue weighted by Gasteiger charge is 2.31. The highest BCUT2D eigenvalue weighted by atomic mass is 32.1. The summed E-state index contributed by atoms with van der Waals surface area (Å²) in [6.45, 7) is 1.12. The number of aromatic nitrogens is 4. The molecule has 56 heavy (non-hydrogen) atoms. The smallest absolute Gasteiger partial charge is 0.327 e. The molecule has 1 aromatic carbocycles. The Morgan fingerprint density at radius 1 is 0.839 bits per heavy atom. The summed E-state index contributed by atoms with van der Waals surface area (Å²) in [6.07, 6.45) is -0.667. The van der Waals surface area contributed by atoms with Crippen LogP contribution >= 0.6 is 12.6 Å². The number of thiol groups is 1. The van der Waals surface area contributed by atoms with E-state index in [9.17, 15) is 58.5 Å². The third kappa shape index (κ3) is 13.2. The highest BCUT2D eigenvalue weighted by Crippen LogP contribution is 2.13. The number of rotatable bonds is 21. The van der Waals surface area contributed by atoms with Gasteiger partial charge in [-0.25, -0.2) is 19.6 Å². The molecule has 5 amide bonds. The van der Waals surface area contributed by atoms with Crippen LogP contribution in [0.5, 0.6) is 0 Å². The summed E-state index contributed by atoms with van der Waals surface area (Å²) in [5.41, 5.74) is 5.99. The molecule has 2 aromatic heterocycles. The van der Waals surface area contributed by atoms with Crippen LogP contribution in [0.3, 0.4) is 0 Å². The fourth-order valence-corrected chi connectivity index (χ4v) is 4.94. The molecular weight excluding hydrogens is 762 g/mol. The number of carboxylic acids is 3. The van der Waals surface area contributed by atoms with Gasteiger partial charge < -0.3 is 53.0 Å². The van der Waals surface area contributed by atoms with E-state index < -0.39 is 103 Å². The number of nitrogens with one attached hydrogen (secondary N) is 7. The first-order chi connectivity index (χ1) is 26.5. The standard InChI is InChI=1S/C32H39N11O12S/c1-2-21(44)35-12-19(28(50)41-20(13-56)31(54)55)40-27(49)18(9-23(46)47)38-22(45)8-7-17(30(52)53)39-26(48)14-3-5-15(6-4-14)34-10-16-11-36-25-24(37-16)29(51)43-32(33)42-25/h3-6,11,17-20,34,56H,2,7-10,12-13H2,1H3,(H,35,44)(H,38,45)(H,39,48)(H,40,49)(H,41,50)(H,46,47)(H,52,53)(H,54,55)(H3,33,36,42,43,51)/t17-,18-,19-,20-/m0/s1. The molecule has 23 nitrogen and oxygen atoms in total. The predicted molar refractivity (Wildman–Crippen MR) is 197 cm³/mol. The van der Waals surface area contributed by atoms with Crippen LogP contribution in [0.15, 0.2) is 35.3 Å². The number of fused-ring (bicyclic) bond motifs is 1. The number of benzene rings is 1. The zero-order chi connectivity index (χ0) is 41.5. The van der Waals surface area contributed by atoms with Gasteiger partial charge >= 0.3 is 17.9 Å². The molecule has 24 heteroatoms. The van der Waals surface area contributed by atoms with Crippen LogP contribution in [0.1, 0.15) is 48.7 Å². The van der Waals surface area contributed by atoms with E-state index in [2.05, 4.69) is 64.5 Å². The third-order valence-electron chi connectivity index (χ3n) is 7.66. The quantitative estimate of drug-likeness (QED) is 0.0489. The summed E-state index contributed by atoms with van der Waals surface area (Å²) in [7, 11) is 0. The largest absolute Gasteiger partial charge is 0.481 e. The van der Waals surface area contributed by atoms with Crippen molar-refractivity contribution in [2.24, 2.45) is 0 Å². The van der Waals surface area contributed by atoms with Crippen molar-refractivity contribution < 1.29 is 53.7 Å². The zero-order valence-corrected chi connectivity index (χ0v) is 30.4. The van der Waals surface area contributed by atoms with E-state index in [0.29, 0.717) is 11.4 Å². The van der Waals surface area contributed by atoms with Gasteiger partial charge in [-0.3, -0.25) is 38.5 Å². The van der Waals surface area contributed by atoms with Crippen LogP contribution in [0.4, 0.5) is 11.6 Å². The molecule has 4 atom stereocenters. The number of nitrogens with zero attached hydrogens (tertiary/aromatic N) is 3. The molecule has 0 saturated heterocycles. The second-order valence-electron chi connectivity index (χ2n) is 11.8. The van der Waals surface area contributed by atoms with Crippen molar-refractivity contribution in [2.45, 2.75) is 63.3 Å². The van der Waals surface area contributed by atoms with Crippen molar-refractivity contribution >= 4 is 82.9 Å². The van der Waals surface area contributed by atoms with Crippen molar-refractivity contribution in [1.82, 2.24) is 46.5 Å². The van der Waals surface area contributed by atoms with Crippen molar-refractivity contribution in [3.63, 3.8) is 0 Å². The third-order valence-corrected chi connectivity index (χ3v) is 8.02. The molecule has 2 heterocycles. The SMILES string of the molecule is CCC(=O)NC[C@H](NC(=O)[C@H](CC(=O)O)NC(=O)CC[C@H](NC(=O)c1ccc(NCc2cnc3nc(N)[nH]c(=O)c3n2)cc1)C(=O)O)C(=O)N[C@@H](CS)C(=O)O. The van der Waals surface area contributed by atoms with E-state index in [1.807, 2.05) is 0 Å². The monoisotopic (exact) mass is 801 g/mol. The Morgan fingerprint density at radius 2 is 1.48 bits per heavy atom. The summed E-state index contributed by atoms with van der Waals surface area (Å²) in [6, 6.07) is -0.645. The lowest BCUT2D eigenvalue weighted by Crippen LogP contribution is -2.59. The van der Waals surface area contributed by atoms with Gasteiger partial charge in [-0.1, -0.05) is 6.92 Å². The first kappa shape index (κ1) is 43.6. The molecule has 0 aliphatic heterocycles. The van der Waals surface area contributed by atoms with Crippen LogP contribution in [-0.4, -0.2) is 119 Å². The van der Waals surface area contributed by atoms with Gasteiger partial charge in [0, 0.05) is 36.4 Å². The Hall–Kier alpha value is -6.85. The summed E-state index contributed by atoms with van der Waals surface area (Å²) >= 11 is 3.85. The molecule has 0 aliphatic carbocycles. The number of hydrogen-bond acceptors (Lipinski definition) is 15. The van der Waals surface area contributed by atoms with E-state index in [0.717, 1.165) is 0 Å². The van der Waals surface area contributed by atoms with Gasteiger partial charge in [-0.15, -0.1) is 0 Å². The number of hydrogen-bond donors (Lipinski definition) is 12. The molecule has 12 N–H and O–H groups in total. The number of carbonyl (C=O) groups is 8. The number of carbonyl (C=O) groups excluding carboxylic acids is 5. The number of aliphatic carboxylic acids is 3. The number of nitrogens with two attached hydrogens (primary N) is 1. The maximum absolute atomic E-state index is 13.1. The second kappa shape index (κ2) is 20.6. The molecule has 3 aromatic rings. The van der Waals surface area contributed by atoms with Crippen LogP contribution < -0.4 is 43.2 Å². The van der Waals surface area contributed by atoms with Crippen LogP contribution in [0.2, 0.25) is 0 Å². The molecule has 3 rings (SSSR count). The van der Waals surface area contributed by atoms with Crippen molar-refractivity contribution in [1.29, 1.82) is 0 Å². The van der Waals surface area contributed by atoms with E-state index in [-0.39, 0.29) is 41.4 Å². The molecule has 300 valence electrons. The van der Waals surface area contributed by atoms with Gasteiger partial charge in [0.25, 0.3) is 11.5 Å². The second-order valence-corrected chi connectivity index (χ2v) is 12.2. The number of carboxylic acid groups (broad SMARTS) is 3. The minimum Gasteiger partial charge on any atom is -0.481 e. The fraction of sp³-hybridized carbons (Fsp3) is 0.375. The number of nitrogen functional groups attached to an aromatic ring is 1. The van der Waals surface area contributed by atoms with Gasteiger partial charge in [0.05, 0.1) is 24.9 Å². The number of amides is 5. The Labute approximate surface area is 321 Å². The lowest BCUT2D eigenvalue weighted by Gasteiger charge is -2.24. The maximum Gasteiger partial charge on any atom is 0.327 e. The lowest BCUT2D eigenvalue weighted by atomic mass is 10.1. The topological polar surface area (TPSA) is 367 Å². The van der Waals surface area contributed by atoms with E-state index in [4.69, 9.17) is 5.73 Å². The van der Waals surface area contributed by atoms with E-state index >= 15 is 0 Å². The Kier molecular flexibility index (Phi) is 16.0. The number of aromatic amines is 1. The van der Waals surface area contributed by atoms with Crippen LogP contribution in [0.25, 0.3) is 11.2 Å². The first-order valence-corrected chi connectivity index (χ1v) is 17.3. The normalized spacial score (nSPS) is 12.9. The van der Waals surface area contributed by atoms with Gasteiger partial charge in [-0.05, 0) is 30.7 Å². The van der Waals surface area contributed by atoms with Crippen molar-refractivity contribution in [2.75, 3.05) is 23.3 Å². The summed E-state index contributed by atoms with van der Waals surface area (Å²) in [5.74, 6) is -9.46. The van der Waals surface area contributed by atoms with Gasteiger partial charge in [0.2, 0.25) is 29.6 Å². The molecule has 0 bridgehead atoms. The van der Waals surface area contributed by atoms with Crippen molar-refractivity contribution in [3.8, 4) is 0 Å². The molecule has 0 spiro atoms. The molecular formula is C32H39N11O12S. The van der Waals surface area contributed by atoms with Crippen molar-refractivity contribution in [3.05, 3.63) is 52.1 Å².